The van der Waals surface area contributed by atoms with E-state index in [1.54, 1.807) is 0 Å². The molecule has 0 N–H and O–H groups in total. The van der Waals surface area contributed by atoms with Gasteiger partial charge in [0, 0.05) is 6.07 Å². The fraction of sp³-hybridized carbons (Fsp3) is 0.273. The number of nitro benzene ring substituents is 2. The maximum absolute atomic E-state index is 11.8. The molecule has 0 aromatic heterocycles. The lowest BCUT2D eigenvalue weighted by atomic mass is 10.1. The van der Waals surface area contributed by atoms with Crippen molar-refractivity contribution >= 4 is 23.3 Å². The Balaban J connectivity index is 3.12. The molecule has 0 heterocycles. The maximum Gasteiger partial charge on any atom is 0.346 e. The number of non-ortho nitro benzene ring substituents is 1. The van der Waals surface area contributed by atoms with Crippen LogP contribution in [0.25, 0.3) is 0 Å². The van der Waals surface area contributed by atoms with Crippen molar-refractivity contribution in [3.8, 4) is 0 Å². The summed E-state index contributed by atoms with van der Waals surface area (Å²) in [5, 5.41) is 21.4. The number of esters is 2. The van der Waals surface area contributed by atoms with Gasteiger partial charge in [-0.3, -0.25) is 20.2 Å². The Morgan fingerprint density at radius 3 is 2.29 bits per heavy atom. The van der Waals surface area contributed by atoms with Gasteiger partial charge in [-0.1, -0.05) is 0 Å². The Morgan fingerprint density at radius 2 is 1.81 bits per heavy atom. The van der Waals surface area contributed by atoms with Gasteiger partial charge in [0.2, 0.25) is 0 Å². The number of hydrogen-bond acceptors (Lipinski definition) is 8. The van der Waals surface area contributed by atoms with Gasteiger partial charge in [-0.15, -0.1) is 0 Å². The van der Waals surface area contributed by atoms with Crippen LogP contribution < -0.4 is 0 Å². The molecule has 1 aromatic carbocycles. The van der Waals surface area contributed by atoms with E-state index in [4.69, 9.17) is 4.74 Å². The first-order valence-electron chi connectivity index (χ1n) is 5.49. The number of rotatable bonds is 5. The Morgan fingerprint density at radius 1 is 1.19 bits per heavy atom. The summed E-state index contributed by atoms with van der Waals surface area (Å²) < 4.78 is 9.03. The van der Waals surface area contributed by atoms with Crippen molar-refractivity contribution in [2.45, 2.75) is 13.0 Å². The first-order chi connectivity index (χ1) is 9.77. The highest BCUT2D eigenvalue weighted by Gasteiger charge is 2.27. The molecule has 10 heteroatoms. The van der Waals surface area contributed by atoms with Crippen LogP contribution in [-0.4, -0.2) is 35.0 Å². The van der Waals surface area contributed by atoms with Crippen LogP contribution in [0.15, 0.2) is 18.2 Å². The van der Waals surface area contributed by atoms with Gasteiger partial charge >= 0.3 is 11.9 Å². The lowest BCUT2D eigenvalue weighted by molar-refractivity contribution is -0.394. The van der Waals surface area contributed by atoms with Crippen LogP contribution in [-0.2, 0) is 14.3 Å². The van der Waals surface area contributed by atoms with E-state index in [0.717, 1.165) is 19.2 Å². The summed E-state index contributed by atoms with van der Waals surface area (Å²) >= 11 is 0. The van der Waals surface area contributed by atoms with Gasteiger partial charge in [-0.05, 0) is 13.0 Å². The molecule has 0 unspecified atom stereocenters. The number of nitro groups is 2. The zero-order valence-electron chi connectivity index (χ0n) is 11.0. The zero-order chi connectivity index (χ0) is 16.2. The molecule has 0 spiro atoms. The monoisotopic (exact) mass is 298 g/mol. The fourth-order valence-electron chi connectivity index (χ4n) is 1.40. The molecule has 0 aliphatic carbocycles. The second kappa shape index (κ2) is 6.41. The van der Waals surface area contributed by atoms with Crippen molar-refractivity contribution in [2.75, 3.05) is 7.11 Å². The van der Waals surface area contributed by atoms with Gasteiger partial charge < -0.3 is 9.47 Å². The third-order valence-corrected chi connectivity index (χ3v) is 2.43. The maximum atomic E-state index is 11.8. The van der Waals surface area contributed by atoms with Crippen LogP contribution in [0.1, 0.15) is 17.3 Å². The molecule has 1 atom stereocenters. The summed E-state index contributed by atoms with van der Waals surface area (Å²) in [6.45, 7) is 1.22. The third kappa shape index (κ3) is 3.72. The summed E-state index contributed by atoms with van der Waals surface area (Å²) in [4.78, 5) is 42.5. The summed E-state index contributed by atoms with van der Waals surface area (Å²) in [7, 11) is 1.08. The van der Waals surface area contributed by atoms with E-state index in [0.29, 0.717) is 6.07 Å². The van der Waals surface area contributed by atoms with Crippen molar-refractivity contribution in [2.24, 2.45) is 0 Å². The first-order valence-corrected chi connectivity index (χ1v) is 5.49. The van der Waals surface area contributed by atoms with Crippen LogP contribution >= 0.6 is 0 Å². The number of carbonyl (C=O) groups excluding carboxylic acids is 2. The molecule has 0 saturated carbocycles. The van der Waals surface area contributed by atoms with Gasteiger partial charge in [0.05, 0.1) is 23.0 Å². The van der Waals surface area contributed by atoms with E-state index in [-0.39, 0.29) is 0 Å². The molecule has 1 rings (SSSR count). The van der Waals surface area contributed by atoms with Crippen molar-refractivity contribution in [3.63, 3.8) is 0 Å². The average Bonchev–Trinajstić information content (AvgIpc) is 2.45. The Labute approximate surface area is 117 Å². The Kier molecular flexibility index (Phi) is 4.89. The van der Waals surface area contributed by atoms with Crippen molar-refractivity contribution < 1.29 is 28.9 Å². The van der Waals surface area contributed by atoms with E-state index in [9.17, 15) is 29.8 Å². The highest BCUT2D eigenvalue weighted by molar-refractivity contribution is 5.95. The van der Waals surface area contributed by atoms with Crippen LogP contribution in [0.3, 0.4) is 0 Å². The van der Waals surface area contributed by atoms with Crippen molar-refractivity contribution in [3.05, 3.63) is 44.0 Å². The molecular weight excluding hydrogens is 288 g/mol. The number of hydrogen-bond donors (Lipinski definition) is 0. The lowest BCUT2D eigenvalue weighted by Gasteiger charge is -2.10. The molecule has 0 aliphatic rings. The third-order valence-electron chi connectivity index (χ3n) is 2.43. The summed E-state index contributed by atoms with van der Waals surface area (Å²) in [6, 6.07) is 2.45. The van der Waals surface area contributed by atoms with Crippen LogP contribution in [0, 0.1) is 20.2 Å². The topological polar surface area (TPSA) is 139 Å². The second-order valence-corrected chi connectivity index (χ2v) is 3.79. The standard InChI is InChI=1S/C11H10N2O8/c1-6(10(14)20-2)21-11(15)8-4-3-7(12(16)17)5-9(8)13(18)19/h3-6H,1-2H3/t6-/m0/s1. The Hall–Kier alpha value is -3.04. The van der Waals surface area contributed by atoms with Crippen molar-refractivity contribution in [1.29, 1.82) is 0 Å². The summed E-state index contributed by atoms with van der Waals surface area (Å²) in [6.07, 6.45) is -1.27. The molecule has 0 bridgehead atoms. The normalized spacial score (nSPS) is 11.3. The smallest absolute Gasteiger partial charge is 0.346 e. The van der Waals surface area contributed by atoms with E-state index in [1.807, 2.05) is 0 Å². The molecule has 0 aliphatic heterocycles. The van der Waals surface area contributed by atoms with Gasteiger partial charge in [-0.2, -0.15) is 0 Å². The minimum absolute atomic E-state index is 0.499. The summed E-state index contributed by atoms with van der Waals surface area (Å²) in [5.74, 6) is -2.00. The number of methoxy groups -OCH3 is 1. The minimum Gasteiger partial charge on any atom is -0.466 e. The molecule has 0 radical (unpaired) electrons. The quantitative estimate of drug-likeness (QED) is 0.449. The molecule has 0 amide bonds. The van der Waals surface area contributed by atoms with E-state index < -0.39 is 44.8 Å². The van der Waals surface area contributed by atoms with Crippen molar-refractivity contribution in [1.82, 2.24) is 0 Å². The second-order valence-electron chi connectivity index (χ2n) is 3.79. The van der Waals surface area contributed by atoms with E-state index in [2.05, 4.69) is 4.74 Å². The Bertz CT molecular complexity index is 612. The molecule has 1 aromatic rings. The molecule has 0 saturated heterocycles. The highest BCUT2D eigenvalue weighted by atomic mass is 16.6. The molecular formula is C11H10N2O8. The predicted octanol–water partition coefficient (Wildman–Crippen LogP) is 1.22. The largest absolute Gasteiger partial charge is 0.466 e. The van der Waals surface area contributed by atoms with Gasteiger partial charge in [0.25, 0.3) is 11.4 Å². The number of nitrogens with zero attached hydrogens (tertiary/aromatic N) is 2. The van der Waals surface area contributed by atoms with E-state index >= 15 is 0 Å². The fourth-order valence-corrected chi connectivity index (χ4v) is 1.40. The minimum atomic E-state index is -1.27. The lowest BCUT2D eigenvalue weighted by Crippen LogP contribution is -2.25. The first kappa shape index (κ1) is 16.0. The van der Waals surface area contributed by atoms with Crippen LogP contribution in [0.4, 0.5) is 11.4 Å². The zero-order valence-corrected chi connectivity index (χ0v) is 11.0. The van der Waals surface area contributed by atoms with Gasteiger partial charge in [0.15, 0.2) is 6.10 Å². The molecule has 21 heavy (non-hydrogen) atoms. The number of benzene rings is 1. The molecule has 0 fully saturated rings. The average molecular weight is 298 g/mol. The number of ether oxygens (including phenoxy) is 2. The molecule has 10 nitrogen and oxygen atoms in total. The van der Waals surface area contributed by atoms with Gasteiger partial charge in [-0.25, -0.2) is 9.59 Å². The SMILES string of the molecule is COC(=O)[C@H](C)OC(=O)c1ccc([N+](=O)[O-])cc1[N+](=O)[O-]. The predicted molar refractivity (Wildman–Crippen MR) is 66.6 cm³/mol. The summed E-state index contributed by atoms with van der Waals surface area (Å²) in [5.41, 5.74) is -1.83. The van der Waals surface area contributed by atoms with Crippen LogP contribution in [0.5, 0.6) is 0 Å². The highest BCUT2D eigenvalue weighted by Crippen LogP contribution is 2.25. The van der Waals surface area contributed by atoms with Gasteiger partial charge in [0.1, 0.15) is 5.56 Å². The van der Waals surface area contributed by atoms with Crippen LogP contribution in [0.2, 0.25) is 0 Å². The number of carbonyl (C=O) groups is 2. The van der Waals surface area contributed by atoms with E-state index in [1.165, 1.54) is 6.92 Å². The molecule has 112 valence electrons.